The van der Waals surface area contributed by atoms with Gasteiger partial charge in [0.15, 0.2) is 0 Å². The summed E-state index contributed by atoms with van der Waals surface area (Å²) in [6, 6.07) is -0.538. The lowest BCUT2D eigenvalue weighted by molar-refractivity contribution is -0.143. The summed E-state index contributed by atoms with van der Waals surface area (Å²) in [6.45, 7) is 4.98. The van der Waals surface area contributed by atoms with Crippen molar-refractivity contribution in [2.75, 3.05) is 13.2 Å². The third-order valence-electron chi connectivity index (χ3n) is 17.7. The first-order valence-electron chi connectivity index (χ1n) is 37.6. The Morgan fingerprint density at radius 1 is 0.329 bits per heavy atom. The van der Waals surface area contributed by atoms with Crippen LogP contribution in [0.4, 0.5) is 0 Å². The number of nitrogens with one attached hydrogen (secondary N) is 1. The molecule has 0 aliphatic heterocycles. The van der Waals surface area contributed by atoms with Gasteiger partial charge in [-0.1, -0.05) is 359 Å². The molecule has 0 spiro atoms. The Balaban J connectivity index is 3.32. The smallest absolute Gasteiger partial charge is 0.305 e. The van der Waals surface area contributed by atoms with E-state index in [1.54, 1.807) is 0 Å². The summed E-state index contributed by atoms with van der Waals surface area (Å²) in [5, 5.41) is 23.3. The summed E-state index contributed by atoms with van der Waals surface area (Å²) >= 11 is 0. The molecule has 2 atom stereocenters. The van der Waals surface area contributed by atoms with Crippen LogP contribution in [0.15, 0.2) is 24.3 Å². The molecule has 2 unspecified atom stereocenters. The molecule has 1 amide bonds. The van der Waals surface area contributed by atoms with Crippen LogP contribution in [0.2, 0.25) is 0 Å². The SMILES string of the molecule is CCCCCCCCC/C=C\CCCCCCCC(=O)OCCCCCCCCCCCCCCCC/C=C\CCCCCCCCCCCCCCCCCCCC(=O)NC(CO)C(O)CCCCCCCCCCCCCCCC. The summed E-state index contributed by atoms with van der Waals surface area (Å²) in [6.07, 6.45) is 91.2. The molecule has 3 N–H and O–H groups in total. The summed E-state index contributed by atoms with van der Waals surface area (Å²) in [4.78, 5) is 24.6. The standard InChI is InChI=1S/C76H147NO5/c1-3-5-7-9-11-13-15-17-19-42-46-50-54-58-62-66-70-76(81)82-71-67-63-59-55-51-47-43-40-38-36-34-32-30-28-26-24-22-20-21-23-25-27-29-31-33-35-37-39-41-45-49-53-57-61-65-69-75(80)77-73(72-78)74(79)68-64-60-56-52-48-44-18-16-14-12-10-8-6-4-2/h19,22,24,42,73-74,78-79H,3-18,20-21,23,25-41,43-72H2,1-2H3,(H,77,80)/b24-22-,42-19-. The third kappa shape index (κ3) is 67.5. The zero-order chi connectivity index (χ0) is 59.2. The van der Waals surface area contributed by atoms with Gasteiger partial charge in [-0.25, -0.2) is 0 Å². The van der Waals surface area contributed by atoms with Crippen molar-refractivity contribution in [3.05, 3.63) is 24.3 Å². The topological polar surface area (TPSA) is 95.9 Å². The van der Waals surface area contributed by atoms with Crippen LogP contribution in [0.1, 0.15) is 425 Å². The molecule has 0 fully saturated rings. The number of allylic oxidation sites excluding steroid dienone is 4. The van der Waals surface area contributed by atoms with Crippen molar-refractivity contribution in [1.82, 2.24) is 5.32 Å². The zero-order valence-electron chi connectivity index (χ0n) is 55.8. The number of unbranched alkanes of at least 4 members (excludes halogenated alkanes) is 56. The monoisotopic (exact) mass is 1150 g/mol. The van der Waals surface area contributed by atoms with Crippen molar-refractivity contribution < 1.29 is 24.5 Å². The Labute approximate surface area is 513 Å². The van der Waals surface area contributed by atoms with Crippen molar-refractivity contribution in [2.45, 2.75) is 437 Å². The van der Waals surface area contributed by atoms with E-state index in [1.807, 2.05) is 0 Å². The van der Waals surface area contributed by atoms with Crippen molar-refractivity contribution in [2.24, 2.45) is 0 Å². The van der Waals surface area contributed by atoms with Gasteiger partial charge in [-0.05, 0) is 77.0 Å². The van der Waals surface area contributed by atoms with Gasteiger partial charge in [0, 0.05) is 12.8 Å². The maximum absolute atomic E-state index is 12.5. The molecule has 0 saturated heterocycles. The van der Waals surface area contributed by atoms with E-state index < -0.39 is 12.1 Å². The maximum Gasteiger partial charge on any atom is 0.305 e. The molecule has 0 radical (unpaired) electrons. The van der Waals surface area contributed by atoms with Crippen LogP contribution in [-0.4, -0.2) is 47.4 Å². The highest BCUT2D eigenvalue weighted by Gasteiger charge is 2.20. The number of rotatable bonds is 71. The van der Waals surface area contributed by atoms with Gasteiger partial charge >= 0.3 is 5.97 Å². The Morgan fingerprint density at radius 3 is 0.866 bits per heavy atom. The van der Waals surface area contributed by atoms with Crippen LogP contribution in [0.5, 0.6) is 0 Å². The first kappa shape index (κ1) is 80.3. The molecule has 0 aliphatic rings. The predicted octanol–water partition coefficient (Wildman–Crippen LogP) is 24.5. The van der Waals surface area contributed by atoms with E-state index in [9.17, 15) is 19.8 Å². The molecule has 0 bridgehead atoms. The number of esters is 1. The van der Waals surface area contributed by atoms with Crippen molar-refractivity contribution in [3.8, 4) is 0 Å². The summed E-state index contributed by atoms with van der Waals surface area (Å²) in [5.41, 5.74) is 0. The van der Waals surface area contributed by atoms with Crippen LogP contribution in [-0.2, 0) is 14.3 Å². The molecule has 0 aromatic rings. The van der Waals surface area contributed by atoms with Crippen LogP contribution >= 0.6 is 0 Å². The molecular formula is C76H147NO5. The number of amides is 1. The number of carbonyl (C=O) groups is 2. The fourth-order valence-electron chi connectivity index (χ4n) is 12.0. The molecule has 0 aromatic heterocycles. The Kier molecular flexibility index (Phi) is 70.4. The molecule has 0 heterocycles. The highest BCUT2D eigenvalue weighted by molar-refractivity contribution is 5.76. The van der Waals surface area contributed by atoms with Crippen molar-refractivity contribution in [3.63, 3.8) is 0 Å². The summed E-state index contributed by atoms with van der Waals surface area (Å²) in [5.74, 6) is -0.0150. The third-order valence-corrected chi connectivity index (χ3v) is 17.7. The minimum absolute atomic E-state index is 0.0136. The number of aliphatic hydroxyl groups is 2. The van der Waals surface area contributed by atoms with Gasteiger partial charge in [-0.15, -0.1) is 0 Å². The molecule has 82 heavy (non-hydrogen) atoms. The maximum atomic E-state index is 12.5. The Hall–Kier alpha value is -1.66. The minimum atomic E-state index is -0.661. The van der Waals surface area contributed by atoms with Crippen LogP contribution in [0.3, 0.4) is 0 Å². The van der Waals surface area contributed by atoms with Crippen molar-refractivity contribution in [1.29, 1.82) is 0 Å². The predicted molar refractivity (Wildman–Crippen MR) is 361 cm³/mol. The van der Waals surface area contributed by atoms with Gasteiger partial charge in [0.1, 0.15) is 0 Å². The fourth-order valence-corrected chi connectivity index (χ4v) is 12.0. The minimum Gasteiger partial charge on any atom is -0.466 e. The van der Waals surface area contributed by atoms with Crippen LogP contribution in [0.25, 0.3) is 0 Å². The molecule has 0 aromatic carbocycles. The van der Waals surface area contributed by atoms with E-state index >= 15 is 0 Å². The second-order valence-corrected chi connectivity index (χ2v) is 26.0. The molecule has 0 aliphatic carbocycles. The van der Waals surface area contributed by atoms with Gasteiger partial charge in [0.2, 0.25) is 5.91 Å². The number of hydrogen-bond donors (Lipinski definition) is 3. The van der Waals surface area contributed by atoms with E-state index in [0.29, 0.717) is 25.9 Å². The lowest BCUT2D eigenvalue weighted by Gasteiger charge is -2.22. The Bertz CT molecular complexity index is 1280. The number of carbonyl (C=O) groups excluding carboxylic acids is 2. The first-order chi connectivity index (χ1) is 40.5. The number of aliphatic hydroxyl groups excluding tert-OH is 2. The fraction of sp³-hybridized carbons (Fsp3) is 0.921. The van der Waals surface area contributed by atoms with Gasteiger partial charge in [0.25, 0.3) is 0 Å². The Morgan fingerprint density at radius 2 is 0.573 bits per heavy atom. The molecule has 6 nitrogen and oxygen atoms in total. The van der Waals surface area contributed by atoms with E-state index in [4.69, 9.17) is 4.74 Å². The molecular weight excluding hydrogens is 1010 g/mol. The normalized spacial score (nSPS) is 12.6. The highest BCUT2D eigenvalue weighted by Crippen LogP contribution is 2.19. The van der Waals surface area contributed by atoms with E-state index in [1.165, 1.54) is 347 Å². The van der Waals surface area contributed by atoms with E-state index in [-0.39, 0.29) is 18.5 Å². The van der Waals surface area contributed by atoms with Crippen molar-refractivity contribution >= 4 is 11.9 Å². The number of ether oxygens (including phenoxy) is 1. The molecule has 0 rings (SSSR count). The molecule has 486 valence electrons. The first-order valence-corrected chi connectivity index (χ1v) is 37.6. The summed E-state index contributed by atoms with van der Waals surface area (Å²) < 4.78 is 5.50. The molecule has 6 heteroatoms. The van der Waals surface area contributed by atoms with Gasteiger partial charge < -0.3 is 20.3 Å². The van der Waals surface area contributed by atoms with E-state index in [2.05, 4.69) is 43.5 Å². The quantitative estimate of drug-likeness (QED) is 0.0320. The molecule has 0 saturated carbocycles. The van der Waals surface area contributed by atoms with Crippen LogP contribution < -0.4 is 5.32 Å². The van der Waals surface area contributed by atoms with Gasteiger partial charge in [-0.3, -0.25) is 9.59 Å². The van der Waals surface area contributed by atoms with Gasteiger partial charge in [-0.2, -0.15) is 0 Å². The highest BCUT2D eigenvalue weighted by atomic mass is 16.5. The van der Waals surface area contributed by atoms with Crippen LogP contribution in [0, 0.1) is 0 Å². The lowest BCUT2D eigenvalue weighted by atomic mass is 10.0. The lowest BCUT2D eigenvalue weighted by Crippen LogP contribution is -2.45. The summed E-state index contributed by atoms with van der Waals surface area (Å²) in [7, 11) is 0. The number of hydrogen-bond acceptors (Lipinski definition) is 5. The second-order valence-electron chi connectivity index (χ2n) is 26.0. The largest absolute Gasteiger partial charge is 0.466 e. The average molecular weight is 1160 g/mol. The van der Waals surface area contributed by atoms with E-state index in [0.717, 1.165) is 44.9 Å². The second kappa shape index (κ2) is 71.8. The van der Waals surface area contributed by atoms with Gasteiger partial charge in [0.05, 0.1) is 25.4 Å². The zero-order valence-corrected chi connectivity index (χ0v) is 55.8. The average Bonchev–Trinajstić information content (AvgIpc) is 3.48.